The van der Waals surface area contributed by atoms with Gasteiger partial charge in [0, 0.05) is 0 Å². The van der Waals surface area contributed by atoms with Gasteiger partial charge >= 0.3 is 0 Å². The Labute approximate surface area is 93.8 Å². The van der Waals surface area contributed by atoms with Crippen molar-refractivity contribution >= 4 is 5.95 Å². The van der Waals surface area contributed by atoms with E-state index in [1.807, 2.05) is 20.8 Å². The van der Waals surface area contributed by atoms with Crippen LogP contribution in [-0.4, -0.2) is 28.8 Å². The third kappa shape index (κ3) is 4.39. The first-order valence-electron chi connectivity index (χ1n) is 4.93. The van der Waals surface area contributed by atoms with E-state index in [1.54, 1.807) is 0 Å². The number of nitrogens with zero attached hydrogens (tertiary/aromatic N) is 2. The van der Waals surface area contributed by atoms with Crippen LogP contribution >= 0.6 is 0 Å². The minimum atomic E-state index is -0.634. The van der Waals surface area contributed by atoms with E-state index in [4.69, 9.17) is 15.2 Å². The topological polar surface area (TPSA) is 70.3 Å². The lowest BCUT2D eigenvalue weighted by molar-refractivity contribution is -0.0172. The fraction of sp³-hybridized carbons (Fsp3) is 0.600. The number of hydrogen-bond acceptors (Lipinski definition) is 5. The Morgan fingerprint density at radius 3 is 2.69 bits per heavy atom. The van der Waals surface area contributed by atoms with Gasteiger partial charge in [0.25, 0.3) is 5.88 Å². The molecule has 0 saturated carbocycles. The van der Waals surface area contributed by atoms with Crippen molar-refractivity contribution in [2.24, 2.45) is 0 Å². The van der Waals surface area contributed by atoms with E-state index < -0.39 is 5.82 Å². The molecule has 1 aromatic rings. The van der Waals surface area contributed by atoms with E-state index in [9.17, 15) is 4.39 Å². The monoisotopic (exact) mass is 229 g/mol. The maximum absolute atomic E-state index is 13.1. The molecular weight excluding hydrogens is 213 g/mol. The molecule has 0 aliphatic heterocycles. The maximum Gasteiger partial charge on any atom is 0.255 e. The van der Waals surface area contributed by atoms with Crippen molar-refractivity contribution in [3.63, 3.8) is 0 Å². The van der Waals surface area contributed by atoms with Gasteiger partial charge in [0.1, 0.15) is 6.61 Å². The zero-order valence-corrected chi connectivity index (χ0v) is 9.66. The van der Waals surface area contributed by atoms with Gasteiger partial charge in [0.05, 0.1) is 18.4 Å². The Balaban J connectivity index is 2.40. The smallest absolute Gasteiger partial charge is 0.255 e. The van der Waals surface area contributed by atoms with Gasteiger partial charge in [-0.1, -0.05) is 0 Å². The van der Waals surface area contributed by atoms with Crippen molar-refractivity contribution in [2.45, 2.75) is 26.4 Å². The van der Waals surface area contributed by atoms with Gasteiger partial charge in [-0.25, -0.2) is 4.98 Å². The third-order valence-corrected chi connectivity index (χ3v) is 1.59. The largest absolute Gasteiger partial charge is 0.473 e. The van der Waals surface area contributed by atoms with Crippen molar-refractivity contribution in [3.05, 3.63) is 12.0 Å². The molecule has 2 N–H and O–H groups in total. The van der Waals surface area contributed by atoms with E-state index in [0.29, 0.717) is 6.61 Å². The molecule has 0 saturated heterocycles. The number of anilines is 1. The first-order chi connectivity index (χ1) is 7.38. The average molecular weight is 229 g/mol. The Kier molecular flexibility index (Phi) is 4.00. The molecule has 1 heterocycles. The highest BCUT2D eigenvalue weighted by molar-refractivity contribution is 5.22. The molecule has 0 bridgehead atoms. The van der Waals surface area contributed by atoms with Crippen molar-refractivity contribution in [1.29, 1.82) is 0 Å². The molecule has 1 rings (SSSR count). The van der Waals surface area contributed by atoms with Crippen molar-refractivity contribution in [2.75, 3.05) is 18.9 Å². The SMILES string of the molecule is CC(C)(C)OCCOc1nc(N)ncc1F. The van der Waals surface area contributed by atoms with E-state index in [0.717, 1.165) is 6.20 Å². The van der Waals surface area contributed by atoms with Gasteiger partial charge in [0.2, 0.25) is 11.8 Å². The molecule has 0 radical (unpaired) electrons. The Morgan fingerprint density at radius 2 is 2.06 bits per heavy atom. The van der Waals surface area contributed by atoms with Crippen LogP contribution in [0.4, 0.5) is 10.3 Å². The number of ether oxygens (including phenoxy) is 2. The van der Waals surface area contributed by atoms with Crippen LogP contribution in [0.15, 0.2) is 6.20 Å². The molecule has 0 aromatic carbocycles. The van der Waals surface area contributed by atoms with Crippen molar-refractivity contribution in [1.82, 2.24) is 9.97 Å². The van der Waals surface area contributed by atoms with Gasteiger partial charge < -0.3 is 15.2 Å². The van der Waals surface area contributed by atoms with Gasteiger partial charge in [-0.3, -0.25) is 0 Å². The number of aromatic nitrogens is 2. The molecule has 0 amide bonds. The van der Waals surface area contributed by atoms with E-state index in [2.05, 4.69) is 9.97 Å². The van der Waals surface area contributed by atoms with Gasteiger partial charge in [-0.2, -0.15) is 9.37 Å². The van der Waals surface area contributed by atoms with Crippen LogP contribution in [0.25, 0.3) is 0 Å². The first-order valence-corrected chi connectivity index (χ1v) is 4.93. The molecule has 1 aromatic heterocycles. The van der Waals surface area contributed by atoms with Crippen LogP contribution in [0.5, 0.6) is 5.88 Å². The molecule has 90 valence electrons. The highest BCUT2D eigenvalue weighted by Crippen LogP contribution is 2.13. The molecule has 16 heavy (non-hydrogen) atoms. The fourth-order valence-corrected chi connectivity index (χ4v) is 0.952. The van der Waals surface area contributed by atoms with Gasteiger partial charge in [0.15, 0.2) is 0 Å². The summed E-state index contributed by atoms with van der Waals surface area (Å²) >= 11 is 0. The highest BCUT2D eigenvalue weighted by atomic mass is 19.1. The Bertz CT molecular complexity index is 352. The van der Waals surface area contributed by atoms with E-state index in [1.165, 1.54) is 0 Å². The fourth-order valence-electron chi connectivity index (χ4n) is 0.952. The van der Waals surface area contributed by atoms with Crippen LogP contribution in [0.1, 0.15) is 20.8 Å². The summed E-state index contributed by atoms with van der Waals surface area (Å²) in [7, 11) is 0. The lowest BCUT2D eigenvalue weighted by Crippen LogP contribution is -2.22. The summed E-state index contributed by atoms with van der Waals surface area (Å²) in [6, 6.07) is 0. The number of hydrogen-bond donors (Lipinski definition) is 1. The minimum Gasteiger partial charge on any atom is -0.473 e. The summed E-state index contributed by atoms with van der Waals surface area (Å²) in [5.74, 6) is -0.803. The molecule has 6 heteroatoms. The zero-order chi connectivity index (χ0) is 12.2. The van der Waals surface area contributed by atoms with Gasteiger partial charge in [-0.05, 0) is 20.8 Å². The molecule has 0 aliphatic rings. The van der Waals surface area contributed by atoms with Crippen molar-refractivity contribution in [3.8, 4) is 5.88 Å². The van der Waals surface area contributed by atoms with E-state index in [-0.39, 0.29) is 24.0 Å². The quantitative estimate of drug-likeness (QED) is 0.790. The molecular formula is C10H16FN3O2. The average Bonchev–Trinajstić information content (AvgIpc) is 2.16. The molecule has 5 nitrogen and oxygen atoms in total. The van der Waals surface area contributed by atoms with Crippen LogP contribution in [0.3, 0.4) is 0 Å². The highest BCUT2D eigenvalue weighted by Gasteiger charge is 2.10. The van der Waals surface area contributed by atoms with Crippen LogP contribution in [0.2, 0.25) is 0 Å². The number of rotatable bonds is 4. The standard InChI is InChI=1S/C10H16FN3O2/c1-10(2,3)16-5-4-15-8-7(11)6-13-9(12)14-8/h6H,4-5H2,1-3H3,(H2,12,13,14). The molecule has 0 aliphatic carbocycles. The first kappa shape index (κ1) is 12.6. The maximum atomic E-state index is 13.1. The second kappa shape index (κ2) is 5.07. The summed E-state index contributed by atoms with van der Waals surface area (Å²) in [6.45, 7) is 6.35. The molecule has 0 spiro atoms. The molecule has 0 atom stereocenters. The Hall–Kier alpha value is -1.43. The predicted octanol–water partition coefficient (Wildman–Crippen LogP) is 1.39. The normalized spacial score (nSPS) is 11.5. The lowest BCUT2D eigenvalue weighted by Gasteiger charge is -2.19. The van der Waals surface area contributed by atoms with Crippen LogP contribution in [0, 0.1) is 5.82 Å². The van der Waals surface area contributed by atoms with Crippen LogP contribution in [-0.2, 0) is 4.74 Å². The van der Waals surface area contributed by atoms with Crippen molar-refractivity contribution < 1.29 is 13.9 Å². The van der Waals surface area contributed by atoms with Crippen LogP contribution < -0.4 is 10.5 Å². The zero-order valence-electron chi connectivity index (χ0n) is 9.66. The second-order valence-corrected chi connectivity index (χ2v) is 4.19. The summed E-state index contributed by atoms with van der Waals surface area (Å²) in [5, 5.41) is 0. The number of nitrogen functional groups attached to an aromatic ring is 1. The summed E-state index contributed by atoms with van der Waals surface area (Å²) < 4.78 is 23.6. The summed E-state index contributed by atoms with van der Waals surface area (Å²) in [6.07, 6.45) is 0.974. The van der Waals surface area contributed by atoms with E-state index >= 15 is 0 Å². The summed E-state index contributed by atoms with van der Waals surface area (Å²) in [4.78, 5) is 7.11. The van der Waals surface area contributed by atoms with Gasteiger partial charge in [-0.15, -0.1) is 0 Å². The Morgan fingerprint density at radius 1 is 1.38 bits per heavy atom. The summed E-state index contributed by atoms with van der Waals surface area (Å²) in [5.41, 5.74) is 5.06. The number of halogens is 1. The molecule has 0 fully saturated rings. The second-order valence-electron chi connectivity index (χ2n) is 4.19. The predicted molar refractivity (Wildman–Crippen MR) is 57.6 cm³/mol. The molecule has 0 unspecified atom stereocenters. The third-order valence-electron chi connectivity index (χ3n) is 1.59. The number of nitrogens with two attached hydrogens (primary N) is 1. The minimum absolute atomic E-state index is 0.0202. The lowest BCUT2D eigenvalue weighted by atomic mass is 10.2.